The van der Waals surface area contributed by atoms with Crippen LogP contribution in [0.5, 0.6) is 0 Å². The largest absolute Gasteiger partial charge is 0.456 e. The summed E-state index contributed by atoms with van der Waals surface area (Å²) < 4.78 is 6.14. The molecule has 0 spiro atoms. The summed E-state index contributed by atoms with van der Waals surface area (Å²) in [4.78, 5) is 10.5. The number of para-hydroxylation sites is 1. The average Bonchev–Trinajstić information content (AvgIpc) is 3.68. The minimum absolute atomic E-state index is 0.684. The van der Waals surface area contributed by atoms with E-state index < -0.39 is 0 Å². The Hall–Kier alpha value is -6.32. The molecule has 3 nitrogen and oxygen atoms in total. The predicted octanol–water partition coefficient (Wildman–Crippen LogP) is 11.8. The highest BCUT2D eigenvalue weighted by molar-refractivity contribution is 6.18. The molecule has 0 atom stereocenters. The van der Waals surface area contributed by atoms with Gasteiger partial charge in [0.05, 0.1) is 11.4 Å². The zero-order valence-electron chi connectivity index (χ0n) is 25.3. The number of benzene rings is 7. The lowest BCUT2D eigenvalue weighted by Crippen LogP contribution is -1.96. The van der Waals surface area contributed by atoms with E-state index in [1.54, 1.807) is 0 Å². The molecule has 0 unspecified atom stereocenters. The number of fused-ring (bicyclic) bond motifs is 6. The predicted molar refractivity (Wildman–Crippen MR) is 193 cm³/mol. The molecule has 1 aliphatic carbocycles. The second kappa shape index (κ2) is 10.1. The van der Waals surface area contributed by atoms with Crippen molar-refractivity contribution in [2.24, 2.45) is 0 Å². The highest BCUT2D eigenvalue weighted by Crippen LogP contribution is 2.49. The summed E-state index contributed by atoms with van der Waals surface area (Å²) >= 11 is 0. The van der Waals surface area contributed by atoms with Gasteiger partial charge in [-0.1, -0.05) is 127 Å². The van der Waals surface area contributed by atoms with Crippen LogP contribution in [-0.4, -0.2) is 9.97 Å². The lowest BCUT2D eigenvalue weighted by molar-refractivity contribution is 0.669. The molecule has 0 aliphatic heterocycles. The van der Waals surface area contributed by atoms with E-state index in [9.17, 15) is 0 Å². The summed E-state index contributed by atoms with van der Waals surface area (Å²) in [7, 11) is 0. The van der Waals surface area contributed by atoms with Gasteiger partial charge in [0.25, 0.3) is 0 Å². The molecule has 0 saturated heterocycles. The SMILES string of the molecule is c1ccc(-c2ccc(-c3cc(-c4ccc5c6c(cccc46)-c4ccccc4-5)nc(-c4ccc5oc6ccccc6c5c4)n3)cc2)cc1. The summed E-state index contributed by atoms with van der Waals surface area (Å²) in [6, 6.07) is 55.5. The number of hydrogen-bond acceptors (Lipinski definition) is 3. The van der Waals surface area contributed by atoms with Crippen LogP contribution in [0.2, 0.25) is 0 Å². The molecule has 7 aromatic carbocycles. The third kappa shape index (κ3) is 4.07. The molecule has 218 valence electrons. The second-order valence-corrected chi connectivity index (χ2v) is 12.1. The van der Waals surface area contributed by atoms with Crippen LogP contribution in [0.1, 0.15) is 0 Å². The monoisotopic (exact) mass is 598 g/mol. The van der Waals surface area contributed by atoms with E-state index in [1.807, 2.05) is 30.3 Å². The molecule has 2 aromatic heterocycles. The molecule has 9 aromatic rings. The van der Waals surface area contributed by atoms with Crippen molar-refractivity contribution in [2.75, 3.05) is 0 Å². The third-order valence-electron chi connectivity index (χ3n) is 9.47. The summed E-state index contributed by atoms with van der Waals surface area (Å²) in [5.41, 5.74) is 14.1. The molecule has 2 heterocycles. The van der Waals surface area contributed by atoms with Gasteiger partial charge >= 0.3 is 0 Å². The van der Waals surface area contributed by atoms with Gasteiger partial charge in [-0.25, -0.2) is 9.97 Å². The molecular formula is C44H26N2O. The van der Waals surface area contributed by atoms with Crippen LogP contribution < -0.4 is 0 Å². The van der Waals surface area contributed by atoms with Gasteiger partial charge in [-0.05, 0) is 74.5 Å². The molecule has 3 heteroatoms. The first-order valence-electron chi connectivity index (χ1n) is 15.9. The van der Waals surface area contributed by atoms with Crippen LogP contribution in [0.4, 0.5) is 0 Å². The zero-order chi connectivity index (χ0) is 30.9. The Morgan fingerprint density at radius 2 is 0.936 bits per heavy atom. The summed E-state index contributed by atoms with van der Waals surface area (Å²) in [5.74, 6) is 0.684. The molecule has 0 radical (unpaired) electrons. The van der Waals surface area contributed by atoms with Gasteiger partial charge in [0.2, 0.25) is 0 Å². The minimum Gasteiger partial charge on any atom is -0.456 e. The third-order valence-corrected chi connectivity index (χ3v) is 9.47. The highest BCUT2D eigenvalue weighted by atomic mass is 16.3. The Morgan fingerprint density at radius 1 is 0.340 bits per heavy atom. The van der Waals surface area contributed by atoms with Crippen LogP contribution in [0.15, 0.2) is 162 Å². The molecule has 1 aliphatic rings. The van der Waals surface area contributed by atoms with Crippen molar-refractivity contribution in [1.82, 2.24) is 9.97 Å². The molecule has 0 bridgehead atoms. The molecule has 0 saturated carbocycles. The number of hydrogen-bond donors (Lipinski definition) is 0. The van der Waals surface area contributed by atoms with Crippen molar-refractivity contribution < 1.29 is 4.42 Å². The fourth-order valence-corrected chi connectivity index (χ4v) is 7.22. The number of rotatable bonds is 4. The Balaban J connectivity index is 1.18. The van der Waals surface area contributed by atoms with Gasteiger partial charge in [-0.2, -0.15) is 0 Å². The van der Waals surface area contributed by atoms with Gasteiger partial charge in [0.15, 0.2) is 5.82 Å². The Morgan fingerprint density at radius 3 is 1.79 bits per heavy atom. The fourth-order valence-electron chi connectivity index (χ4n) is 7.22. The van der Waals surface area contributed by atoms with Crippen LogP contribution in [0, 0.1) is 0 Å². The Bertz CT molecular complexity index is 2640. The summed E-state index contributed by atoms with van der Waals surface area (Å²) in [6.45, 7) is 0. The summed E-state index contributed by atoms with van der Waals surface area (Å²) in [6.07, 6.45) is 0. The van der Waals surface area contributed by atoms with Crippen LogP contribution in [0.25, 0.3) is 100.0 Å². The molecule has 0 N–H and O–H groups in total. The number of nitrogens with zero attached hydrogens (tertiary/aromatic N) is 2. The number of aromatic nitrogens is 2. The van der Waals surface area contributed by atoms with Crippen molar-refractivity contribution in [3.8, 4) is 67.3 Å². The zero-order valence-corrected chi connectivity index (χ0v) is 25.3. The van der Waals surface area contributed by atoms with Gasteiger partial charge < -0.3 is 4.42 Å². The standard InChI is InChI=1S/C44H26N2O/c1-2-9-27(10-3-1)28-17-19-29(20-18-28)39-26-40(33-22-23-37-32-12-5-4-11-31(32)35-14-8-15-36(33)43(35)37)46-44(45-39)30-21-24-42-38(25-30)34-13-6-7-16-41(34)47-42/h1-26H. The van der Waals surface area contributed by atoms with E-state index in [-0.39, 0.29) is 0 Å². The fraction of sp³-hybridized carbons (Fsp3) is 0. The van der Waals surface area contributed by atoms with Crippen molar-refractivity contribution in [3.05, 3.63) is 158 Å². The van der Waals surface area contributed by atoms with Crippen LogP contribution in [-0.2, 0) is 0 Å². The van der Waals surface area contributed by atoms with E-state index in [4.69, 9.17) is 14.4 Å². The maximum Gasteiger partial charge on any atom is 0.160 e. The normalized spacial score (nSPS) is 11.8. The molecule has 0 amide bonds. The molecule has 47 heavy (non-hydrogen) atoms. The molecule has 10 rings (SSSR count). The lowest BCUT2D eigenvalue weighted by Gasteiger charge is -2.13. The molecular weight excluding hydrogens is 572 g/mol. The first-order valence-corrected chi connectivity index (χ1v) is 15.9. The van der Waals surface area contributed by atoms with Crippen molar-refractivity contribution in [1.29, 1.82) is 0 Å². The van der Waals surface area contributed by atoms with E-state index in [0.717, 1.165) is 50.0 Å². The molecule has 0 fully saturated rings. The quantitative estimate of drug-likeness (QED) is 0.202. The second-order valence-electron chi connectivity index (χ2n) is 12.1. The van der Waals surface area contributed by atoms with E-state index >= 15 is 0 Å². The average molecular weight is 599 g/mol. The summed E-state index contributed by atoms with van der Waals surface area (Å²) in [5, 5.41) is 4.63. The van der Waals surface area contributed by atoms with E-state index in [1.165, 1.54) is 44.2 Å². The van der Waals surface area contributed by atoms with E-state index in [0.29, 0.717) is 5.82 Å². The van der Waals surface area contributed by atoms with Gasteiger partial charge in [0.1, 0.15) is 11.2 Å². The van der Waals surface area contributed by atoms with Crippen molar-refractivity contribution in [2.45, 2.75) is 0 Å². The maximum atomic E-state index is 6.14. The van der Waals surface area contributed by atoms with Crippen LogP contribution >= 0.6 is 0 Å². The first-order chi connectivity index (χ1) is 23.3. The van der Waals surface area contributed by atoms with Gasteiger partial charge in [0, 0.05) is 27.5 Å². The number of furan rings is 1. The maximum absolute atomic E-state index is 6.14. The van der Waals surface area contributed by atoms with Gasteiger partial charge in [-0.15, -0.1) is 0 Å². The minimum atomic E-state index is 0.684. The highest BCUT2D eigenvalue weighted by Gasteiger charge is 2.23. The van der Waals surface area contributed by atoms with Crippen molar-refractivity contribution in [3.63, 3.8) is 0 Å². The Kier molecular flexibility index (Phi) is 5.57. The topological polar surface area (TPSA) is 38.9 Å². The van der Waals surface area contributed by atoms with Crippen LogP contribution in [0.3, 0.4) is 0 Å². The smallest absolute Gasteiger partial charge is 0.160 e. The van der Waals surface area contributed by atoms with E-state index in [2.05, 4.69) is 127 Å². The van der Waals surface area contributed by atoms with Gasteiger partial charge in [-0.3, -0.25) is 0 Å². The first kappa shape index (κ1) is 26.0. The Labute approximate surface area is 271 Å². The van der Waals surface area contributed by atoms with Crippen molar-refractivity contribution >= 4 is 32.7 Å². The lowest BCUT2D eigenvalue weighted by atomic mass is 9.95.